The molecular formula is C21H20N2O4. The van der Waals surface area contributed by atoms with Crippen LogP contribution in [-0.4, -0.2) is 24.1 Å². The van der Waals surface area contributed by atoms with Crippen molar-refractivity contribution in [2.75, 3.05) is 13.2 Å². The number of amides is 1. The van der Waals surface area contributed by atoms with Gasteiger partial charge in [-0.25, -0.2) is 4.98 Å². The summed E-state index contributed by atoms with van der Waals surface area (Å²) >= 11 is 0. The number of benzene rings is 2. The molecule has 0 bridgehead atoms. The third kappa shape index (κ3) is 3.95. The quantitative estimate of drug-likeness (QED) is 0.750. The zero-order valence-electron chi connectivity index (χ0n) is 15.0. The van der Waals surface area contributed by atoms with Crippen molar-refractivity contribution in [3.63, 3.8) is 0 Å². The molecule has 1 aliphatic heterocycles. The maximum absolute atomic E-state index is 12.4. The number of ether oxygens (including phenoxy) is 2. The molecule has 1 N–H and O–H groups in total. The van der Waals surface area contributed by atoms with Crippen LogP contribution in [-0.2, 0) is 11.2 Å². The zero-order chi connectivity index (χ0) is 18.6. The molecule has 0 unspecified atom stereocenters. The van der Waals surface area contributed by atoms with Crippen molar-refractivity contribution in [3.8, 4) is 23.0 Å². The number of carbonyl (C=O) groups excluding carboxylic acids is 1. The summed E-state index contributed by atoms with van der Waals surface area (Å²) in [6.45, 7) is 3.02. The zero-order valence-corrected chi connectivity index (χ0v) is 15.0. The van der Waals surface area contributed by atoms with E-state index in [9.17, 15) is 4.79 Å². The van der Waals surface area contributed by atoms with E-state index in [1.165, 1.54) is 6.26 Å². The lowest BCUT2D eigenvalue weighted by Crippen LogP contribution is -2.28. The van der Waals surface area contributed by atoms with E-state index in [4.69, 9.17) is 13.9 Å². The Hall–Kier alpha value is -3.28. The molecule has 138 valence electrons. The van der Waals surface area contributed by atoms with Crippen LogP contribution in [0.25, 0.3) is 11.5 Å². The van der Waals surface area contributed by atoms with Gasteiger partial charge in [0.05, 0.1) is 18.2 Å². The lowest BCUT2D eigenvalue weighted by atomic mass is 10.1. The molecule has 0 saturated heterocycles. The number of fused-ring (bicyclic) bond motifs is 1. The minimum atomic E-state index is -0.158. The molecular weight excluding hydrogens is 344 g/mol. The van der Waals surface area contributed by atoms with Crippen LogP contribution in [0.4, 0.5) is 0 Å². The van der Waals surface area contributed by atoms with Gasteiger partial charge in [-0.05, 0) is 36.8 Å². The van der Waals surface area contributed by atoms with Crippen LogP contribution >= 0.6 is 0 Å². The van der Waals surface area contributed by atoms with Gasteiger partial charge in [-0.15, -0.1) is 0 Å². The Balaban J connectivity index is 1.39. The van der Waals surface area contributed by atoms with E-state index in [0.29, 0.717) is 30.5 Å². The van der Waals surface area contributed by atoms with E-state index < -0.39 is 0 Å². The smallest absolute Gasteiger partial charge is 0.226 e. The molecule has 0 fully saturated rings. The molecule has 4 rings (SSSR count). The molecule has 0 radical (unpaired) electrons. The molecule has 1 amide bonds. The summed E-state index contributed by atoms with van der Waals surface area (Å²) in [6, 6.07) is 15.1. The summed E-state index contributed by atoms with van der Waals surface area (Å²) in [5.74, 6) is 1.84. The summed E-state index contributed by atoms with van der Waals surface area (Å²) < 4.78 is 16.6. The van der Waals surface area contributed by atoms with Gasteiger partial charge in [0.1, 0.15) is 19.5 Å². The maximum Gasteiger partial charge on any atom is 0.226 e. The fraction of sp³-hybridized carbons (Fsp3) is 0.238. The SMILES string of the molecule is C[C@@H](NC(=O)Cc1coc(-c2ccccc2)n1)c1ccc2c(c1)OCCO2. The third-order valence-electron chi connectivity index (χ3n) is 4.36. The van der Waals surface area contributed by atoms with Gasteiger partial charge in [0.15, 0.2) is 11.5 Å². The molecule has 2 aromatic carbocycles. The second-order valence-electron chi connectivity index (χ2n) is 6.38. The average molecular weight is 364 g/mol. The molecule has 2 heterocycles. The molecule has 6 nitrogen and oxygen atoms in total. The van der Waals surface area contributed by atoms with Gasteiger partial charge in [0.2, 0.25) is 11.8 Å². The van der Waals surface area contributed by atoms with Crippen LogP contribution in [0, 0.1) is 0 Å². The van der Waals surface area contributed by atoms with E-state index in [2.05, 4.69) is 10.3 Å². The van der Waals surface area contributed by atoms with Gasteiger partial charge < -0.3 is 19.2 Å². The third-order valence-corrected chi connectivity index (χ3v) is 4.36. The number of aromatic nitrogens is 1. The molecule has 1 atom stereocenters. The van der Waals surface area contributed by atoms with Gasteiger partial charge in [-0.1, -0.05) is 24.3 Å². The van der Waals surface area contributed by atoms with E-state index in [1.54, 1.807) is 0 Å². The highest BCUT2D eigenvalue weighted by atomic mass is 16.6. The lowest BCUT2D eigenvalue weighted by molar-refractivity contribution is -0.121. The lowest BCUT2D eigenvalue weighted by Gasteiger charge is -2.21. The first-order valence-electron chi connectivity index (χ1n) is 8.88. The minimum Gasteiger partial charge on any atom is -0.486 e. The largest absolute Gasteiger partial charge is 0.486 e. The van der Waals surface area contributed by atoms with Crippen LogP contribution in [0.3, 0.4) is 0 Å². The summed E-state index contributed by atoms with van der Waals surface area (Å²) in [4.78, 5) is 16.8. The summed E-state index contributed by atoms with van der Waals surface area (Å²) in [5, 5.41) is 2.98. The first kappa shape index (κ1) is 17.1. The van der Waals surface area contributed by atoms with Crippen LogP contribution < -0.4 is 14.8 Å². The maximum atomic E-state index is 12.4. The van der Waals surface area contributed by atoms with Gasteiger partial charge in [-0.3, -0.25) is 4.79 Å². The van der Waals surface area contributed by atoms with Crippen molar-refractivity contribution in [1.29, 1.82) is 0 Å². The topological polar surface area (TPSA) is 73.6 Å². The summed E-state index contributed by atoms with van der Waals surface area (Å²) in [6.07, 6.45) is 1.68. The summed E-state index contributed by atoms with van der Waals surface area (Å²) in [7, 11) is 0. The standard InChI is InChI=1S/C21H20N2O4/c1-14(16-7-8-18-19(11-16)26-10-9-25-18)22-20(24)12-17-13-27-21(23-17)15-5-3-2-4-6-15/h2-8,11,13-14H,9-10,12H2,1H3,(H,22,24)/t14-/m1/s1. The van der Waals surface area contributed by atoms with Gasteiger partial charge in [0.25, 0.3) is 0 Å². The highest BCUT2D eigenvalue weighted by Crippen LogP contribution is 2.32. The molecule has 1 aliphatic rings. The highest BCUT2D eigenvalue weighted by molar-refractivity contribution is 5.78. The molecule has 1 aromatic heterocycles. The number of oxazole rings is 1. The second kappa shape index (κ2) is 7.53. The van der Waals surface area contributed by atoms with Crippen molar-refractivity contribution in [2.45, 2.75) is 19.4 Å². The fourth-order valence-corrected chi connectivity index (χ4v) is 2.97. The van der Waals surface area contributed by atoms with E-state index in [1.807, 2.05) is 55.5 Å². The Morgan fingerprint density at radius 2 is 1.89 bits per heavy atom. The van der Waals surface area contributed by atoms with Gasteiger partial charge >= 0.3 is 0 Å². The van der Waals surface area contributed by atoms with E-state index >= 15 is 0 Å². The Kier molecular flexibility index (Phi) is 4.78. The van der Waals surface area contributed by atoms with Crippen LogP contribution in [0.5, 0.6) is 11.5 Å². The Morgan fingerprint density at radius 3 is 2.70 bits per heavy atom. The fourth-order valence-electron chi connectivity index (χ4n) is 2.97. The van der Waals surface area contributed by atoms with Crippen LogP contribution in [0.1, 0.15) is 24.2 Å². The minimum absolute atomic E-state index is 0.120. The first-order chi connectivity index (χ1) is 13.2. The molecule has 0 saturated carbocycles. The van der Waals surface area contributed by atoms with Gasteiger partial charge in [-0.2, -0.15) is 0 Å². The van der Waals surface area contributed by atoms with Crippen molar-refractivity contribution < 1.29 is 18.7 Å². The number of rotatable bonds is 5. The number of nitrogens with zero attached hydrogens (tertiary/aromatic N) is 1. The second-order valence-corrected chi connectivity index (χ2v) is 6.38. The highest BCUT2D eigenvalue weighted by Gasteiger charge is 2.17. The summed E-state index contributed by atoms with van der Waals surface area (Å²) in [5.41, 5.74) is 2.44. The normalized spacial score (nSPS) is 13.8. The van der Waals surface area contributed by atoms with Crippen molar-refractivity contribution in [1.82, 2.24) is 10.3 Å². The Morgan fingerprint density at radius 1 is 1.11 bits per heavy atom. The number of hydrogen-bond acceptors (Lipinski definition) is 5. The molecule has 3 aromatic rings. The molecule has 0 spiro atoms. The van der Waals surface area contributed by atoms with Crippen LogP contribution in [0.15, 0.2) is 59.2 Å². The van der Waals surface area contributed by atoms with Crippen molar-refractivity contribution in [2.24, 2.45) is 0 Å². The van der Waals surface area contributed by atoms with Gasteiger partial charge in [0, 0.05) is 5.56 Å². The number of hydrogen-bond donors (Lipinski definition) is 1. The molecule has 6 heteroatoms. The average Bonchev–Trinajstić information content (AvgIpc) is 3.16. The number of carbonyl (C=O) groups is 1. The van der Waals surface area contributed by atoms with Crippen LogP contribution in [0.2, 0.25) is 0 Å². The molecule has 27 heavy (non-hydrogen) atoms. The monoisotopic (exact) mass is 364 g/mol. The Bertz CT molecular complexity index is 936. The van der Waals surface area contributed by atoms with Crippen molar-refractivity contribution >= 4 is 5.91 Å². The Labute approximate surface area is 157 Å². The first-order valence-corrected chi connectivity index (χ1v) is 8.88. The predicted molar refractivity (Wildman–Crippen MR) is 99.6 cm³/mol. The van der Waals surface area contributed by atoms with Crippen molar-refractivity contribution in [3.05, 3.63) is 66.1 Å². The van der Waals surface area contributed by atoms with E-state index in [-0.39, 0.29) is 18.4 Å². The molecule has 0 aliphatic carbocycles. The predicted octanol–water partition coefficient (Wildman–Crippen LogP) is 3.53. The number of nitrogens with one attached hydrogen (secondary N) is 1. The van der Waals surface area contributed by atoms with E-state index in [0.717, 1.165) is 16.9 Å².